The van der Waals surface area contributed by atoms with Crippen LogP contribution in [0.15, 0.2) is 59.6 Å². The van der Waals surface area contributed by atoms with Crippen LogP contribution < -0.4 is 15.8 Å². The highest BCUT2D eigenvalue weighted by Gasteiger charge is 2.44. The van der Waals surface area contributed by atoms with E-state index in [2.05, 4.69) is 37.8 Å². The van der Waals surface area contributed by atoms with Gasteiger partial charge in [-0.15, -0.1) is 10.2 Å². The summed E-state index contributed by atoms with van der Waals surface area (Å²) in [6.07, 6.45) is 9.59. The van der Waals surface area contributed by atoms with E-state index in [1.54, 1.807) is 30.6 Å². The van der Waals surface area contributed by atoms with Crippen molar-refractivity contribution in [1.82, 2.24) is 25.6 Å². The van der Waals surface area contributed by atoms with Gasteiger partial charge in [-0.05, 0) is 68.0 Å². The van der Waals surface area contributed by atoms with Crippen LogP contribution in [0.3, 0.4) is 0 Å². The monoisotopic (exact) mass is 455 g/mol. The van der Waals surface area contributed by atoms with Crippen molar-refractivity contribution >= 4 is 28.4 Å². The molecule has 1 amide bonds. The molecule has 0 bridgehead atoms. The van der Waals surface area contributed by atoms with E-state index in [0.717, 1.165) is 34.7 Å². The van der Waals surface area contributed by atoms with E-state index < -0.39 is 0 Å². The maximum Gasteiger partial charge on any atom is 0.257 e. The van der Waals surface area contributed by atoms with Crippen molar-refractivity contribution in [2.45, 2.75) is 38.1 Å². The van der Waals surface area contributed by atoms with E-state index in [1.165, 1.54) is 32.1 Å². The Morgan fingerprint density at radius 3 is 2.82 bits per heavy atom. The average Bonchev–Trinajstić information content (AvgIpc) is 3.38. The Kier molecular flexibility index (Phi) is 4.99. The second-order valence-corrected chi connectivity index (χ2v) is 9.39. The van der Waals surface area contributed by atoms with Crippen LogP contribution in [0.4, 0.5) is 11.6 Å². The molecule has 6 rings (SSSR count). The number of aromatic nitrogens is 4. The Bertz CT molecular complexity index is 1340. The van der Waals surface area contributed by atoms with Crippen LogP contribution in [0.2, 0.25) is 0 Å². The smallest absolute Gasteiger partial charge is 0.257 e. The Morgan fingerprint density at radius 2 is 2.03 bits per heavy atom. The number of carbonyl (C=O) groups is 1. The minimum Gasteiger partial charge on any atom is -0.444 e. The standard InChI is InChI=1S/C25H25N7O2/c1-16-4-7-25(8-5-16)14-32(31-25)23-12-18(6-9-27-23)24(33)28-22-11-19-10-17(21-13-26-15-34-21)2-3-20(19)29-30-22/h2-3,6,9-13,15-16,31H,4-5,7-8,14H2,1H3,(H,28,30,33). The Hall–Kier alpha value is -3.85. The van der Waals surface area contributed by atoms with Gasteiger partial charge in [0.15, 0.2) is 18.0 Å². The molecule has 1 spiro atoms. The van der Waals surface area contributed by atoms with Gasteiger partial charge in [0.1, 0.15) is 5.82 Å². The highest BCUT2D eigenvalue weighted by atomic mass is 16.3. The van der Waals surface area contributed by atoms with Crippen LogP contribution in [-0.2, 0) is 0 Å². The molecule has 1 saturated carbocycles. The summed E-state index contributed by atoms with van der Waals surface area (Å²) in [6.45, 7) is 3.24. The summed E-state index contributed by atoms with van der Waals surface area (Å²) in [7, 11) is 0. The third kappa shape index (κ3) is 3.88. The highest BCUT2D eigenvalue weighted by Crippen LogP contribution is 2.38. The zero-order chi connectivity index (χ0) is 23.1. The molecule has 2 fully saturated rings. The quantitative estimate of drug-likeness (QED) is 0.471. The second kappa shape index (κ2) is 8.18. The third-order valence-electron chi connectivity index (χ3n) is 6.89. The van der Waals surface area contributed by atoms with Gasteiger partial charge in [0.2, 0.25) is 0 Å². The average molecular weight is 456 g/mol. The number of hydrazine groups is 1. The van der Waals surface area contributed by atoms with Crippen molar-refractivity contribution in [2.24, 2.45) is 5.92 Å². The molecule has 0 radical (unpaired) electrons. The van der Waals surface area contributed by atoms with E-state index in [4.69, 9.17) is 4.42 Å². The first-order valence-electron chi connectivity index (χ1n) is 11.6. The number of oxazole rings is 1. The van der Waals surface area contributed by atoms with Gasteiger partial charge in [-0.3, -0.25) is 9.80 Å². The lowest BCUT2D eigenvalue weighted by molar-refractivity contribution is 0.102. The first-order valence-corrected chi connectivity index (χ1v) is 11.6. The largest absolute Gasteiger partial charge is 0.444 e. The van der Waals surface area contributed by atoms with Crippen LogP contribution in [0.1, 0.15) is 43.0 Å². The van der Waals surface area contributed by atoms with E-state index in [1.807, 2.05) is 23.2 Å². The third-order valence-corrected chi connectivity index (χ3v) is 6.89. The number of amides is 1. The fraction of sp³-hybridized carbons (Fsp3) is 0.320. The summed E-state index contributed by atoms with van der Waals surface area (Å²) >= 11 is 0. The SMILES string of the molecule is CC1CCC2(CC1)CN(c1cc(C(=O)Nc3cc4cc(-c5cnco5)ccc4nn3)ccn1)N2. The number of fused-ring (bicyclic) bond motifs is 1. The molecule has 2 N–H and O–H groups in total. The number of rotatable bonds is 4. The lowest BCUT2D eigenvalue weighted by atomic mass is 9.75. The number of hydrogen-bond donors (Lipinski definition) is 2. The molecular weight excluding hydrogens is 430 g/mol. The number of carbonyl (C=O) groups excluding carboxylic acids is 1. The molecule has 1 aliphatic carbocycles. The Morgan fingerprint density at radius 1 is 1.18 bits per heavy atom. The number of anilines is 2. The number of benzene rings is 1. The summed E-state index contributed by atoms with van der Waals surface area (Å²) in [5.41, 5.74) is 5.90. The van der Waals surface area contributed by atoms with Gasteiger partial charge in [-0.1, -0.05) is 6.92 Å². The minimum atomic E-state index is -0.259. The predicted molar refractivity (Wildman–Crippen MR) is 128 cm³/mol. The lowest BCUT2D eigenvalue weighted by Crippen LogP contribution is -2.73. The number of nitrogens with one attached hydrogen (secondary N) is 2. The zero-order valence-corrected chi connectivity index (χ0v) is 18.9. The van der Waals surface area contributed by atoms with Gasteiger partial charge < -0.3 is 9.73 Å². The van der Waals surface area contributed by atoms with Gasteiger partial charge in [0.25, 0.3) is 5.91 Å². The molecular formula is C25H25N7O2. The fourth-order valence-corrected chi connectivity index (χ4v) is 4.81. The van der Waals surface area contributed by atoms with Gasteiger partial charge in [-0.2, -0.15) is 0 Å². The van der Waals surface area contributed by atoms with Crippen LogP contribution in [-0.4, -0.2) is 38.2 Å². The van der Waals surface area contributed by atoms with Crippen molar-refractivity contribution in [3.8, 4) is 11.3 Å². The van der Waals surface area contributed by atoms with E-state index in [0.29, 0.717) is 17.1 Å². The van der Waals surface area contributed by atoms with E-state index in [-0.39, 0.29) is 11.4 Å². The lowest BCUT2D eigenvalue weighted by Gasteiger charge is -2.54. The molecule has 4 heterocycles. The molecule has 9 heteroatoms. The van der Waals surface area contributed by atoms with Crippen molar-refractivity contribution in [1.29, 1.82) is 0 Å². The van der Waals surface area contributed by atoms with Crippen LogP contribution >= 0.6 is 0 Å². The highest BCUT2D eigenvalue weighted by molar-refractivity contribution is 6.04. The molecule has 3 aromatic heterocycles. The first kappa shape index (κ1) is 20.7. The molecule has 34 heavy (non-hydrogen) atoms. The number of hydrogen-bond acceptors (Lipinski definition) is 8. The number of pyridine rings is 1. The molecule has 0 atom stereocenters. The summed E-state index contributed by atoms with van der Waals surface area (Å²) in [6, 6.07) is 11.0. The van der Waals surface area contributed by atoms with Gasteiger partial charge in [0, 0.05) is 22.7 Å². The molecule has 1 aromatic carbocycles. The van der Waals surface area contributed by atoms with Crippen LogP contribution in [0.25, 0.3) is 22.2 Å². The zero-order valence-electron chi connectivity index (χ0n) is 18.9. The Balaban J connectivity index is 1.16. The summed E-state index contributed by atoms with van der Waals surface area (Å²) in [5, 5.41) is 14.1. The Labute approximate surface area is 196 Å². The molecule has 1 aliphatic heterocycles. The molecule has 4 aromatic rings. The van der Waals surface area contributed by atoms with Crippen molar-refractivity contribution in [2.75, 3.05) is 16.9 Å². The predicted octanol–water partition coefficient (Wildman–Crippen LogP) is 4.21. The van der Waals surface area contributed by atoms with Gasteiger partial charge in [0.05, 0.1) is 23.8 Å². The van der Waals surface area contributed by atoms with Crippen molar-refractivity contribution in [3.05, 3.63) is 60.7 Å². The minimum absolute atomic E-state index is 0.192. The van der Waals surface area contributed by atoms with E-state index >= 15 is 0 Å². The van der Waals surface area contributed by atoms with Crippen molar-refractivity contribution < 1.29 is 9.21 Å². The topological polar surface area (TPSA) is 109 Å². The molecule has 172 valence electrons. The molecule has 2 aliphatic rings. The summed E-state index contributed by atoms with van der Waals surface area (Å²) in [5.74, 6) is 2.34. The van der Waals surface area contributed by atoms with E-state index in [9.17, 15) is 4.79 Å². The van der Waals surface area contributed by atoms with Crippen LogP contribution in [0, 0.1) is 5.92 Å². The van der Waals surface area contributed by atoms with Gasteiger partial charge >= 0.3 is 0 Å². The molecule has 1 saturated heterocycles. The molecule has 0 unspecified atom stereocenters. The van der Waals surface area contributed by atoms with Crippen molar-refractivity contribution in [3.63, 3.8) is 0 Å². The summed E-state index contributed by atoms with van der Waals surface area (Å²) < 4.78 is 5.38. The fourth-order valence-electron chi connectivity index (χ4n) is 4.81. The maximum absolute atomic E-state index is 12.9. The maximum atomic E-state index is 12.9. The summed E-state index contributed by atoms with van der Waals surface area (Å²) in [4.78, 5) is 21.4. The molecule has 9 nitrogen and oxygen atoms in total. The first-order chi connectivity index (χ1) is 16.6. The second-order valence-electron chi connectivity index (χ2n) is 9.39. The normalized spacial score (nSPS) is 22.0. The van der Waals surface area contributed by atoms with Gasteiger partial charge in [-0.25, -0.2) is 15.4 Å². The number of nitrogens with zero attached hydrogens (tertiary/aromatic N) is 5. The van der Waals surface area contributed by atoms with Crippen LogP contribution in [0.5, 0.6) is 0 Å².